The summed E-state index contributed by atoms with van der Waals surface area (Å²) in [5.41, 5.74) is 2.56. The van der Waals surface area contributed by atoms with Crippen molar-refractivity contribution in [3.8, 4) is 0 Å². The number of hydrogen-bond donors (Lipinski definition) is 1. The highest BCUT2D eigenvalue weighted by Crippen LogP contribution is 2.32. The van der Waals surface area contributed by atoms with Crippen molar-refractivity contribution in [2.45, 2.75) is 44.7 Å². The van der Waals surface area contributed by atoms with Gasteiger partial charge in [-0.25, -0.2) is 0 Å². The molecule has 1 aliphatic heterocycles. The van der Waals surface area contributed by atoms with Gasteiger partial charge in [0.05, 0.1) is 23.9 Å². The molecule has 4 rings (SSSR count). The van der Waals surface area contributed by atoms with Crippen LogP contribution < -0.4 is 5.32 Å². The van der Waals surface area contributed by atoms with Gasteiger partial charge in [0.25, 0.3) is 0 Å². The lowest BCUT2D eigenvalue weighted by atomic mass is 9.94. The second kappa shape index (κ2) is 7.50. The van der Waals surface area contributed by atoms with Crippen molar-refractivity contribution in [1.82, 2.24) is 25.0 Å². The Morgan fingerprint density at radius 3 is 2.81 bits per heavy atom. The fourth-order valence-corrected chi connectivity index (χ4v) is 4.16. The largest absolute Gasteiger partial charge is 0.350 e. The summed E-state index contributed by atoms with van der Waals surface area (Å²) in [5.74, 6) is -0.251. The zero-order chi connectivity index (χ0) is 18.8. The van der Waals surface area contributed by atoms with Crippen LogP contribution in [0.15, 0.2) is 30.6 Å². The third-order valence-corrected chi connectivity index (χ3v) is 5.53. The van der Waals surface area contributed by atoms with Crippen LogP contribution in [-0.2, 0) is 29.7 Å². The predicted octanol–water partition coefficient (Wildman–Crippen LogP) is 1.75. The van der Waals surface area contributed by atoms with Crippen molar-refractivity contribution < 1.29 is 9.59 Å². The van der Waals surface area contributed by atoms with Gasteiger partial charge in [-0.2, -0.15) is 5.10 Å². The molecule has 2 aromatic heterocycles. The van der Waals surface area contributed by atoms with Crippen LogP contribution in [-0.4, -0.2) is 38.0 Å². The van der Waals surface area contributed by atoms with Gasteiger partial charge in [0.1, 0.15) is 0 Å². The maximum Gasteiger partial charge on any atom is 0.231 e. The van der Waals surface area contributed by atoms with Crippen molar-refractivity contribution in [2.24, 2.45) is 13.0 Å². The third kappa shape index (κ3) is 3.72. The molecule has 0 spiro atoms. The summed E-state index contributed by atoms with van der Waals surface area (Å²) >= 11 is 0. The molecule has 0 radical (unpaired) electrons. The zero-order valence-electron chi connectivity index (χ0n) is 15.6. The zero-order valence-corrected chi connectivity index (χ0v) is 15.6. The van der Waals surface area contributed by atoms with Gasteiger partial charge in [0.2, 0.25) is 11.8 Å². The Morgan fingerprint density at radius 2 is 2.07 bits per heavy atom. The molecular weight excluding hydrogens is 342 g/mol. The summed E-state index contributed by atoms with van der Waals surface area (Å²) in [4.78, 5) is 31.9. The molecule has 1 saturated carbocycles. The summed E-state index contributed by atoms with van der Waals surface area (Å²) in [7, 11) is 1.85. The maximum atomic E-state index is 12.9. The van der Waals surface area contributed by atoms with Crippen LogP contribution in [0.5, 0.6) is 0 Å². The molecule has 27 heavy (non-hydrogen) atoms. The summed E-state index contributed by atoms with van der Waals surface area (Å²) in [6.45, 7) is 1.31. The summed E-state index contributed by atoms with van der Waals surface area (Å²) in [6, 6.07) is 5.62. The van der Waals surface area contributed by atoms with Crippen LogP contribution in [0.4, 0.5) is 0 Å². The van der Waals surface area contributed by atoms with E-state index >= 15 is 0 Å². The fourth-order valence-electron chi connectivity index (χ4n) is 4.16. The maximum absolute atomic E-state index is 12.9. The number of hydrogen-bond acceptors (Lipinski definition) is 4. The van der Waals surface area contributed by atoms with Crippen molar-refractivity contribution >= 4 is 11.8 Å². The number of carbonyl (C=O) groups excluding carboxylic acids is 2. The van der Waals surface area contributed by atoms with Crippen LogP contribution in [0.1, 0.15) is 48.6 Å². The molecule has 1 aliphatic carbocycles. The number of pyridine rings is 1. The molecule has 2 aliphatic rings. The average molecular weight is 367 g/mol. The Bertz CT molecular complexity index is 826. The first-order valence-corrected chi connectivity index (χ1v) is 9.60. The first-order chi connectivity index (χ1) is 13.1. The molecule has 142 valence electrons. The van der Waals surface area contributed by atoms with Gasteiger partial charge in [-0.1, -0.05) is 18.9 Å². The molecule has 2 amide bonds. The molecule has 3 heterocycles. The van der Waals surface area contributed by atoms with Crippen molar-refractivity contribution in [3.05, 3.63) is 47.5 Å². The number of rotatable bonds is 4. The SMILES string of the molecule is Cn1cc2c(n1)C(C(=O)NCc1ccccn1)CN(C(=O)C1CCCC1)C2. The van der Waals surface area contributed by atoms with Crippen LogP contribution in [0, 0.1) is 5.92 Å². The minimum absolute atomic E-state index is 0.107. The Hall–Kier alpha value is -2.70. The minimum atomic E-state index is -0.441. The summed E-state index contributed by atoms with van der Waals surface area (Å²) < 4.78 is 1.73. The molecule has 2 aromatic rings. The lowest BCUT2D eigenvalue weighted by molar-refractivity contribution is -0.137. The van der Waals surface area contributed by atoms with Gasteiger partial charge in [-0.15, -0.1) is 0 Å². The highest BCUT2D eigenvalue weighted by molar-refractivity contribution is 5.86. The van der Waals surface area contributed by atoms with Gasteiger partial charge in [-0.05, 0) is 25.0 Å². The Balaban J connectivity index is 1.51. The van der Waals surface area contributed by atoms with Gasteiger partial charge in [0.15, 0.2) is 0 Å². The normalized spacial score (nSPS) is 19.7. The van der Waals surface area contributed by atoms with E-state index in [4.69, 9.17) is 0 Å². The second-order valence-corrected chi connectivity index (χ2v) is 7.50. The van der Waals surface area contributed by atoms with E-state index in [1.807, 2.05) is 36.3 Å². The van der Waals surface area contributed by atoms with E-state index in [0.29, 0.717) is 19.6 Å². The van der Waals surface area contributed by atoms with Gasteiger partial charge >= 0.3 is 0 Å². The molecule has 1 fully saturated rings. The smallest absolute Gasteiger partial charge is 0.231 e. The van der Waals surface area contributed by atoms with Gasteiger partial charge in [-0.3, -0.25) is 19.3 Å². The van der Waals surface area contributed by atoms with Gasteiger partial charge < -0.3 is 10.2 Å². The molecule has 1 atom stereocenters. The lowest BCUT2D eigenvalue weighted by Gasteiger charge is -2.33. The number of aromatic nitrogens is 3. The number of nitrogens with zero attached hydrogens (tertiary/aromatic N) is 4. The first-order valence-electron chi connectivity index (χ1n) is 9.60. The molecule has 1 unspecified atom stereocenters. The summed E-state index contributed by atoms with van der Waals surface area (Å²) in [5, 5.41) is 7.46. The fraction of sp³-hybridized carbons (Fsp3) is 0.500. The van der Waals surface area contributed by atoms with Crippen LogP contribution in [0.2, 0.25) is 0 Å². The highest BCUT2D eigenvalue weighted by atomic mass is 16.2. The second-order valence-electron chi connectivity index (χ2n) is 7.50. The van der Waals surface area contributed by atoms with Gasteiger partial charge in [0, 0.05) is 44.0 Å². The Kier molecular flexibility index (Phi) is 4.92. The van der Waals surface area contributed by atoms with Crippen LogP contribution >= 0.6 is 0 Å². The topological polar surface area (TPSA) is 80.1 Å². The molecule has 0 aromatic carbocycles. The number of aryl methyl sites for hydroxylation is 1. The van der Waals surface area contributed by atoms with Crippen molar-refractivity contribution in [3.63, 3.8) is 0 Å². The number of amides is 2. The molecule has 7 heteroatoms. The third-order valence-electron chi connectivity index (χ3n) is 5.53. The molecule has 1 N–H and O–H groups in total. The molecule has 0 saturated heterocycles. The van der Waals surface area contributed by atoms with E-state index in [1.54, 1.807) is 10.9 Å². The van der Waals surface area contributed by atoms with E-state index in [9.17, 15) is 9.59 Å². The lowest BCUT2D eigenvalue weighted by Crippen LogP contribution is -2.45. The standard InChI is InChI=1S/C20H25N5O2/c1-24-11-15-12-25(20(27)14-6-2-3-7-14)13-17(18(15)23-24)19(26)22-10-16-8-4-5-9-21-16/h4-5,8-9,11,14,17H,2-3,6-7,10,12-13H2,1H3,(H,22,26). The van der Waals surface area contributed by atoms with Crippen LogP contribution in [0.25, 0.3) is 0 Å². The Labute approximate surface area is 158 Å². The minimum Gasteiger partial charge on any atom is -0.350 e. The number of fused-ring (bicyclic) bond motifs is 1. The Morgan fingerprint density at radius 1 is 1.26 bits per heavy atom. The van der Waals surface area contributed by atoms with E-state index in [0.717, 1.165) is 42.6 Å². The van der Waals surface area contributed by atoms with Crippen LogP contribution in [0.3, 0.4) is 0 Å². The quantitative estimate of drug-likeness (QED) is 0.893. The van der Waals surface area contributed by atoms with Crippen molar-refractivity contribution in [2.75, 3.05) is 6.54 Å². The molecule has 0 bridgehead atoms. The number of nitrogens with one attached hydrogen (secondary N) is 1. The molecule has 7 nitrogen and oxygen atoms in total. The monoisotopic (exact) mass is 367 g/mol. The van der Waals surface area contributed by atoms with E-state index in [1.165, 1.54) is 0 Å². The van der Waals surface area contributed by atoms with Crippen molar-refractivity contribution in [1.29, 1.82) is 0 Å². The summed E-state index contributed by atoms with van der Waals surface area (Å²) in [6.07, 6.45) is 7.80. The first kappa shape index (κ1) is 17.7. The van der Waals surface area contributed by atoms with E-state index in [-0.39, 0.29) is 17.7 Å². The molecular formula is C20H25N5O2. The van der Waals surface area contributed by atoms with E-state index < -0.39 is 5.92 Å². The van der Waals surface area contributed by atoms with E-state index in [2.05, 4.69) is 15.4 Å². The predicted molar refractivity (Wildman–Crippen MR) is 99.4 cm³/mol. The highest BCUT2D eigenvalue weighted by Gasteiger charge is 2.37. The number of carbonyl (C=O) groups is 2. The average Bonchev–Trinajstić information content (AvgIpc) is 3.34.